The minimum atomic E-state index is 0.607. The van der Waals surface area contributed by atoms with E-state index in [2.05, 4.69) is 97.1 Å². The van der Waals surface area contributed by atoms with Gasteiger partial charge < -0.3 is 4.42 Å². The molecule has 2 heterocycles. The second kappa shape index (κ2) is 11.5. The van der Waals surface area contributed by atoms with Crippen molar-refractivity contribution in [2.45, 2.75) is 0 Å². The molecule has 0 bridgehead atoms. The highest BCUT2D eigenvalue weighted by molar-refractivity contribution is 5.93. The number of oxazole rings is 1. The highest BCUT2D eigenvalue weighted by atomic mass is 16.3. The Morgan fingerprint density at radius 1 is 0.356 bits per heavy atom. The third-order valence-corrected chi connectivity index (χ3v) is 7.95. The Morgan fingerprint density at radius 3 is 1.56 bits per heavy atom. The standard InChI is InChI=1S/C41H27N3O/c1-4-12-28(13-5-1)29-22-24-31(25-23-29)37-27-36(30-14-6-2-7-15-30)42-40(43-37)34-19-10-18-33(26-34)35-20-11-21-38-39(35)44-41(45-38)32-16-8-3-9-17-32/h1-27H. The second-order valence-electron chi connectivity index (χ2n) is 10.9. The third-order valence-electron chi connectivity index (χ3n) is 7.95. The van der Waals surface area contributed by atoms with Crippen LogP contribution in [0.25, 0.3) is 78.7 Å². The highest BCUT2D eigenvalue weighted by Crippen LogP contribution is 2.35. The molecule has 212 valence electrons. The maximum atomic E-state index is 6.16. The Kier molecular flexibility index (Phi) is 6.78. The van der Waals surface area contributed by atoms with Gasteiger partial charge in [0.05, 0.1) is 11.4 Å². The molecule has 0 radical (unpaired) electrons. The first-order valence-corrected chi connectivity index (χ1v) is 14.9. The molecule has 0 saturated carbocycles. The molecule has 8 aromatic rings. The van der Waals surface area contributed by atoms with Crippen molar-refractivity contribution in [3.63, 3.8) is 0 Å². The summed E-state index contributed by atoms with van der Waals surface area (Å²) >= 11 is 0. The van der Waals surface area contributed by atoms with Crippen LogP contribution in [0.2, 0.25) is 0 Å². The highest BCUT2D eigenvalue weighted by Gasteiger charge is 2.15. The molecule has 2 aromatic heterocycles. The summed E-state index contributed by atoms with van der Waals surface area (Å²) in [5.74, 6) is 1.27. The Bertz CT molecular complexity index is 2240. The van der Waals surface area contributed by atoms with Gasteiger partial charge in [0, 0.05) is 27.8 Å². The van der Waals surface area contributed by atoms with Gasteiger partial charge >= 0.3 is 0 Å². The summed E-state index contributed by atoms with van der Waals surface area (Å²) in [5.41, 5.74) is 11.6. The number of para-hydroxylation sites is 1. The van der Waals surface area contributed by atoms with Gasteiger partial charge in [0.25, 0.3) is 0 Å². The molecule has 0 aliphatic carbocycles. The van der Waals surface area contributed by atoms with Crippen LogP contribution in [0.15, 0.2) is 168 Å². The number of fused-ring (bicyclic) bond motifs is 1. The number of hydrogen-bond acceptors (Lipinski definition) is 4. The first kappa shape index (κ1) is 26.5. The lowest BCUT2D eigenvalue weighted by atomic mass is 10.0. The molecule has 0 amide bonds. The predicted octanol–water partition coefficient (Wildman–Crippen LogP) is 10.6. The van der Waals surface area contributed by atoms with Crippen LogP contribution in [0.4, 0.5) is 0 Å². The Morgan fingerprint density at radius 2 is 0.867 bits per heavy atom. The monoisotopic (exact) mass is 577 g/mol. The van der Waals surface area contributed by atoms with Crippen LogP contribution in [0.1, 0.15) is 0 Å². The lowest BCUT2D eigenvalue weighted by molar-refractivity contribution is 0.620. The first-order chi connectivity index (χ1) is 22.3. The molecule has 0 atom stereocenters. The van der Waals surface area contributed by atoms with Gasteiger partial charge in [0.15, 0.2) is 11.4 Å². The normalized spacial score (nSPS) is 11.1. The lowest BCUT2D eigenvalue weighted by Gasteiger charge is -2.11. The van der Waals surface area contributed by atoms with E-state index in [0.29, 0.717) is 11.7 Å². The van der Waals surface area contributed by atoms with Gasteiger partial charge in [-0.2, -0.15) is 0 Å². The molecule has 0 N–H and O–H groups in total. The van der Waals surface area contributed by atoms with E-state index in [-0.39, 0.29) is 0 Å². The van der Waals surface area contributed by atoms with E-state index >= 15 is 0 Å². The van der Waals surface area contributed by atoms with E-state index in [0.717, 1.165) is 55.9 Å². The molecule has 0 aliphatic heterocycles. The van der Waals surface area contributed by atoms with Crippen LogP contribution in [0.5, 0.6) is 0 Å². The maximum absolute atomic E-state index is 6.16. The van der Waals surface area contributed by atoms with Crippen LogP contribution in [0.3, 0.4) is 0 Å². The number of hydrogen-bond donors (Lipinski definition) is 0. The third kappa shape index (κ3) is 5.30. The zero-order valence-corrected chi connectivity index (χ0v) is 24.3. The van der Waals surface area contributed by atoms with Gasteiger partial charge in [-0.1, -0.05) is 133 Å². The van der Waals surface area contributed by atoms with Crippen molar-refractivity contribution in [2.75, 3.05) is 0 Å². The maximum Gasteiger partial charge on any atom is 0.227 e. The summed E-state index contributed by atoms with van der Waals surface area (Å²) in [6, 6.07) is 55.7. The average Bonchev–Trinajstić information content (AvgIpc) is 3.58. The number of aromatic nitrogens is 3. The molecular weight excluding hydrogens is 550 g/mol. The molecule has 4 heteroatoms. The van der Waals surface area contributed by atoms with Gasteiger partial charge in [0.1, 0.15) is 5.52 Å². The smallest absolute Gasteiger partial charge is 0.227 e. The van der Waals surface area contributed by atoms with E-state index in [1.54, 1.807) is 0 Å². The van der Waals surface area contributed by atoms with Crippen molar-refractivity contribution in [1.29, 1.82) is 0 Å². The zero-order chi connectivity index (χ0) is 30.0. The van der Waals surface area contributed by atoms with Crippen molar-refractivity contribution in [3.05, 3.63) is 164 Å². The number of rotatable bonds is 6. The molecule has 0 saturated heterocycles. The Labute approximate surface area is 261 Å². The van der Waals surface area contributed by atoms with Crippen molar-refractivity contribution >= 4 is 11.1 Å². The number of benzene rings is 6. The number of nitrogens with zero attached hydrogens (tertiary/aromatic N) is 3. The van der Waals surface area contributed by atoms with Crippen molar-refractivity contribution < 1.29 is 4.42 Å². The summed E-state index contributed by atoms with van der Waals surface area (Å²) in [7, 11) is 0. The van der Waals surface area contributed by atoms with Crippen LogP contribution in [-0.2, 0) is 0 Å². The minimum absolute atomic E-state index is 0.607. The summed E-state index contributed by atoms with van der Waals surface area (Å²) in [5, 5.41) is 0. The molecule has 8 rings (SSSR count). The summed E-state index contributed by atoms with van der Waals surface area (Å²) in [6.45, 7) is 0. The summed E-state index contributed by atoms with van der Waals surface area (Å²) < 4.78 is 6.16. The average molecular weight is 578 g/mol. The van der Waals surface area contributed by atoms with Gasteiger partial charge in [0.2, 0.25) is 5.89 Å². The molecule has 0 spiro atoms. The Balaban J connectivity index is 1.22. The van der Waals surface area contributed by atoms with Crippen LogP contribution in [0, 0.1) is 0 Å². The van der Waals surface area contributed by atoms with E-state index in [9.17, 15) is 0 Å². The van der Waals surface area contributed by atoms with E-state index in [4.69, 9.17) is 19.4 Å². The molecule has 0 unspecified atom stereocenters. The first-order valence-electron chi connectivity index (χ1n) is 14.9. The molecule has 6 aromatic carbocycles. The van der Waals surface area contributed by atoms with Crippen LogP contribution in [-0.4, -0.2) is 15.0 Å². The van der Waals surface area contributed by atoms with Crippen molar-refractivity contribution in [3.8, 4) is 67.6 Å². The topological polar surface area (TPSA) is 51.8 Å². The molecule has 0 fully saturated rings. The van der Waals surface area contributed by atoms with Gasteiger partial charge in [-0.3, -0.25) is 0 Å². The van der Waals surface area contributed by atoms with E-state index < -0.39 is 0 Å². The summed E-state index contributed by atoms with van der Waals surface area (Å²) in [6.07, 6.45) is 0. The Hall–Kier alpha value is -6.13. The second-order valence-corrected chi connectivity index (χ2v) is 10.9. The molecule has 0 aliphatic rings. The quantitative estimate of drug-likeness (QED) is 0.197. The largest absolute Gasteiger partial charge is 0.436 e. The minimum Gasteiger partial charge on any atom is -0.436 e. The van der Waals surface area contributed by atoms with Crippen LogP contribution < -0.4 is 0 Å². The summed E-state index contributed by atoms with van der Waals surface area (Å²) in [4.78, 5) is 15.1. The van der Waals surface area contributed by atoms with Crippen molar-refractivity contribution in [1.82, 2.24) is 15.0 Å². The fourth-order valence-corrected chi connectivity index (χ4v) is 5.66. The van der Waals surface area contributed by atoms with Gasteiger partial charge in [-0.25, -0.2) is 15.0 Å². The molecular formula is C41H27N3O. The van der Waals surface area contributed by atoms with E-state index in [1.165, 1.54) is 11.1 Å². The fraction of sp³-hybridized carbons (Fsp3) is 0. The fourth-order valence-electron chi connectivity index (χ4n) is 5.66. The van der Waals surface area contributed by atoms with Gasteiger partial charge in [-0.15, -0.1) is 0 Å². The van der Waals surface area contributed by atoms with E-state index in [1.807, 2.05) is 66.7 Å². The molecule has 45 heavy (non-hydrogen) atoms. The zero-order valence-electron chi connectivity index (χ0n) is 24.3. The van der Waals surface area contributed by atoms with Crippen molar-refractivity contribution in [2.24, 2.45) is 0 Å². The SMILES string of the molecule is c1ccc(-c2ccc(-c3cc(-c4ccccc4)nc(-c4cccc(-c5cccc6oc(-c7ccccc7)nc56)c4)n3)cc2)cc1. The van der Waals surface area contributed by atoms with Gasteiger partial charge in [-0.05, 0) is 47.0 Å². The van der Waals surface area contributed by atoms with Crippen LogP contribution >= 0.6 is 0 Å². The molecule has 4 nitrogen and oxygen atoms in total. The predicted molar refractivity (Wildman–Crippen MR) is 182 cm³/mol. The lowest BCUT2D eigenvalue weighted by Crippen LogP contribution is -1.96.